The molecule has 0 aliphatic carbocycles. The third-order valence-electron chi connectivity index (χ3n) is 4.50. The summed E-state index contributed by atoms with van der Waals surface area (Å²) in [6, 6.07) is 6.61. The maximum absolute atomic E-state index is 12.2. The Kier molecular flexibility index (Phi) is 11.6. The van der Waals surface area contributed by atoms with E-state index in [1.54, 1.807) is 19.2 Å². The van der Waals surface area contributed by atoms with Gasteiger partial charge in [0.15, 0.2) is 0 Å². The monoisotopic (exact) mass is 434 g/mol. The molecule has 0 aliphatic rings. The third kappa shape index (κ3) is 11.4. The van der Waals surface area contributed by atoms with Crippen molar-refractivity contribution in [2.24, 2.45) is 5.73 Å². The van der Waals surface area contributed by atoms with Crippen LogP contribution in [0, 0.1) is 0 Å². The topological polar surface area (TPSA) is 137 Å². The van der Waals surface area contributed by atoms with Gasteiger partial charge < -0.3 is 32.3 Å². The molecule has 0 heterocycles. The van der Waals surface area contributed by atoms with Gasteiger partial charge in [0.2, 0.25) is 11.8 Å². The molecule has 1 rings (SSSR count). The molecule has 0 radical (unpaired) electrons. The Bertz CT molecular complexity index is 700. The minimum Gasteiger partial charge on any atom is -0.384 e. The summed E-state index contributed by atoms with van der Waals surface area (Å²) < 4.78 is 0. The molecule has 174 valence electrons. The first-order chi connectivity index (χ1) is 14.7. The van der Waals surface area contributed by atoms with Gasteiger partial charge in [-0.2, -0.15) is 0 Å². The standard InChI is InChI=1S/C22H38N6O3/c1-22(2,3)27-15-19(29)28-18(21(31)24-4)7-5-6-13-26-20(30)16-8-10-17(11-9-16)25-14-12-23/h8-11,18,25,27H,5-7,12-15,23H2,1-4H3,(H,24,31)(H,26,30)(H,28,29). The number of benzene rings is 1. The summed E-state index contributed by atoms with van der Waals surface area (Å²) in [7, 11) is 1.55. The van der Waals surface area contributed by atoms with Crippen molar-refractivity contribution >= 4 is 23.4 Å². The van der Waals surface area contributed by atoms with E-state index in [1.807, 2.05) is 32.9 Å². The SMILES string of the molecule is CNC(=O)C(CCCCNC(=O)c1ccc(NCCN)cc1)NC(=O)CNC(C)(C)C. The van der Waals surface area contributed by atoms with Crippen LogP contribution in [0.3, 0.4) is 0 Å². The smallest absolute Gasteiger partial charge is 0.251 e. The molecule has 0 spiro atoms. The number of carbonyl (C=O) groups is 3. The van der Waals surface area contributed by atoms with Gasteiger partial charge in [0, 0.05) is 43.5 Å². The molecular formula is C22H38N6O3. The summed E-state index contributed by atoms with van der Waals surface area (Å²) in [6.45, 7) is 7.77. The van der Waals surface area contributed by atoms with E-state index >= 15 is 0 Å². The van der Waals surface area contributed by atoms with Crippen LogP contribution in [-0.4, -0.2) is 62.5 Å². The van der Waals surface area contributed by atoms with Gasteiger partial charge in [-0.05, 0) is 64.3 Å². The summed E-state index contributed by atoms with van der Waals surface area (Å²) in [5, 5.41) is 14.5. The summed E-state index contributed by atoms with van der Waals surface area (Å²) in [6.07, 6.45) is 1.89. The van der Waals surface area contributed by atoms with Crippen molar-refractivity contribution < 1.29 is 14.4 Å². The number of hydrogen-bond acceptors (Lipinski definition) is 6. The lowest BCUT2D eigenvalue weighted by atomic mass is 10.1. The third-order valence-corrected chi connectivity index (χ3v) is 4.50. The first-order valence-corrected chi connectivity index (χ1v) is 10.7. The molecule has 0 aromatic heterocycles. The fourth-order valence-electron chi connectivity index (χ4n) is 2.77. The molecule has 0 fully saturated rings. The van der Waals surface area contributed by atoms with Gasteiger partial charge in [-0.25, -0.2) is 0 Å². The van der Waals surface area contributed by atoms with E-state index in [0.29, 0.717) is 44.5 Å². The molecule has 0 aliphatic heterocycles. The van der Waals surface area contributed by atoms with E-state index in [1.165, 1.54) is 0 Å². The summed E-state index contributed by atoms with van der Waals surface area (Å²) in [5.41, 5.74) is 6.78. The molecule has 9 heteroatoms. The van der Waals surface area contributed by atoms with Crippen LogP contribution in [0.15, 0.2) is 24.3 Å². The Balaban J connectivity index is 2.37. The zero-order valence-electron chi connectivity index (χ0n) is 19.1. The summed E-state index contributed by atoms with van der Waals surface area (Å²) >= 11 is 0. The molecule has 1 atom stereocenters. The van der Waals surface area contributed by atoms with Crippen LogP contribution in [0.25, 0.3) is 0 Å². The summed E-state index contributed by atoms with van der Waals surface area (Å²) in [4.78, 5) is 36.4. The highest BCUT2D eigenvalue weighted by atomic mass is 16.2. The van der Waals surface area contributed by atoms with E-state index in [4.69, 9.17) is 5.73 Å². The number of carbonyl (C=O) groups excluding carboxylic acids is 3. The number of hydrogen-bond donors (Lipinski definition) is 6. The Labute approximate surface area is 185 Å². The van der Waals surface area contributed by atoms with Crippen LogP contribution in [0.5, 0.6) is 0 Å². The second-order valence-electron chi connectivity index (χ2n) is 8.38. The van der Waals surface area contributed by atoms with Gasteiger partial charge in [-0.15, -0.1) is 0 Å². The first kappa shape index (κ1) is 26.4. The number of unbranched alkanes of at least 4 members (excludes halogenated alkanes) is 1. The maximum atomic E-state index is 12.2. The van der Waals surface area contributed by atoms with Gasteiger partial charge in [-0.1, -0.05) is 0 Å². The highest BCUT2D eigenvalue weighted by molar-refractivity contribution is 5.94. The molecule has 31 heavy (non-hydrogen) atoms. The van der Waals surface area contributed by atoms with Crippen molar-refractivity contribution in [3.63, 3.8) is 0 Å². The van der Waals surface area contributed by atoms with Gasteiger partial charge in [0.1, 0.15) is 6.04 Å². The van der Waals surface area contributed by atoms with Crippen LogP contribution in [0.2, 0.25) is 0 Å². The van der Waals surface area contributed by atoms with E-state index in [-0.39, 0.29) is 29.8 Å². The van der Waals surface area contributed by atoms with E-state index < -0.39 is 6.04 Å². The number of rotatable bonds is 13. The second-order valence-corrected chi connectivity index (χ2v) is 8.38. The second kappa shape index (κ2) is 13.6. The molecule has 7 N–H and O–H groups in total. The van der Waals surface area contributed by atoms with Gasteiger partial charge in [0.25, 0.3) is 5.91 Å². The largest absolute Gasteiger partial charge is 0.384 e. The Morgan fingerprint density at radius 2 is 1.71 bits per heavy atom. The van der Waals surface area contributed by atoms with Crippen molar-refractivity contribution in [1.29, 1.82) is 0 Å². The number of nitrogens with two attached hydrogens (primary N) is 1. The molecule has 0 saturated heterocycles. The van der Waals surface area contributed by atoms with Crippen LogP contribution < -0.4 is 32.3 Å². The fraction of sp³-hybridized carbons (Fsp3) is 0.591. The van der Waals surface area contributed by atoms with Crippen molar-refractivity contribution in [3.8, 4) is 0 Å². The lowest BCUT2D eigenvalue weighted by molar-refractivity contribution is -0.128. The van der Waals surface area contributed by atoms with Crippen LogP contribution in [0.4, 0.5) is 5.69 Å². The predicted molar refractivity (Wildman–Crippen MR) is 124 cm³/mol. The Morgan fingerprint density at radius 3 is 2.29 bits per heavy atom. The molecule has 1 aromatic rings. The quantitative estimate of drug-likeness (QED) is 0.251. The molecule has 1 unspecified atom stereocenters. The molecule has 1 aromatic carbocycles. The molecule has 0 bridgehead atoms. The normalized spacial score (nSPS) is 12.0. The highest BCUT2D eigenvalue weighted by Crippen LogP contribution is 2.09. The van der Waals surface area contributed by atoms with Crippen LogP contribution >= 0.6 is 0 Å². The van der Waals surface area contributed by atoms with Crippen LogP contribution in [-0.2, 0) is 9.59 Å². The average molecular weight is 435 g/mol. The highest BCUT2D eigenvalue weighted by Gasteiger charge is 2.20. The zero-order chi connectivity index (χ0) is 23.3. The van der Waals surface area contributed by atoms with E-state index in [2.05, 4.69) is 26.6 Å². The van der Waals surface area contributed by atoms with Gasteiger partial charge in [-0.3, -0.25) is 14.4 Å². The van der Waals surface area contributed by atoms with E-state index in [0.717, 1.165) is 5.69 Å². The fourth-order valence-corrected chi connectivity index (χ4v) is 2.77. The van der Waals surface area contributed by atoms with E-state index in [9.17, 15) is 14.4 Å². The van der Waals surface area contributed by atoms with Crippen molar-refractivity contribution in [3.05, 3.63) is 29.8 Å². The number of anilines is 1. The average Bonchev–Trinajstić information content (AvgIpc) is 2.74. The van der Waals surface area contributed by atoms with Crippen molar-refractivity contribution in [2.75, 3.05) is 38.5 Å². The maximum Gasteiger partial charge on any atom is 0.251 e. The minimum atomic E-state index is -0.594. The minimum absolute atomic E-state index is 0.144. The van der Waals surface area contributed by atoms with Crippen molar-refractivity contribution in [2.45, 2.75) is 51.6 Å². The Hall–Kier alpha value is -2.65. The summed E-state index contributed by atoms with van der Waals surface area (Å²) in [5.74, 6) is -0.590. The van der Waals surface area contributed by atoms with Gasteiger partial charge >= 0.3 is 0 Å². The Morgan fingerprint density at radius 1 is 1.03 bits per heavy atom. The molecule has 0 saturated carbocycles. The lowest BCUT2D eigenvalue weighted by Gasteiger charge is -2.22. The molecule has 3 amide bonds. The predicted octanol–water partition coefficient (Wildman–Crippen LogP) is 0.576. The van der Waals surface area contributed by atoms with Gasteiger partial charge in [0.05, 0.1) is 6.54 Å². The number of likely N-dealkylation sites (N-methyl/N-ethyl adjacent to an activating group) is 1. The number of nitrogens with one attached hydrogen (secondary N) is 5. The lowest BCUT2D eigenvalue weighted by Crippen LogP contribution is -2.50. The molecule has 9 nitrogen and oxygen atoms in total. The number of amides is 3. The van der Waals surface area contributed by atoms with Crippen LogP contribution in [0.1, 0.15) is 50.4 Å². The van der Waals surface area contributed by atoms with Crippen molar-refractivity contribution in [1.82, 2.24) is 21.3 Å². The zero-order valence-corrected chi connectivity index (χ0v) is 19.1. The molecular weight excluding hydrogens is 396 g/mol. The first-order valence-electron chi connectivity index (χ1n) is 10.7.